The third-order valence-corrected chi connectivity index (χ3v) is 7.72. The van der Waals surface area contributed by atoms with Gasteiger partial charge in [0.2, 0.25) is 0 Å². The summed E-state index contributed by atoms with van der Waals surface area (Å²) in [6, 6.07) is 15.6. The highest BCUT2D eigenvalue weighted by Gasteiger charge is 2.24. The van der Waals surface area contributed by atoms with Crippen LogP contribution in [0.2, 0.25) is 0 Å². The molecule has 0 N–H and O–H groups in total. The molecule has 0 spiro atoms. The lowest BCUT2D eigenvalue weighted by molar-refractivity contribution is 0.0781. The van der Waals surface area contributed by atoms with Crippen LogP contribution >= 0.6 is 21.6 Å². The third-order valence-electron chi connectivity index (χ3n) is 5.24. The number of rotatable bonds is 5. The molecule has 0 radical (unpaired) electrons. The van der Waals surface area contributed by atoms with Crippen LogP contribution in [0.15, 0.2) is 58.3 Å². The summed E-state index contributed by atoms with van der Waals surface area (Å²) >= 11 is 0. The first-order valence-electron chi connectivity index (χ1n) is 9.85. The van der Waals surface area contributed by atoms with E-state index in [9.17, 15) is 9.59 Å². The fraction of sp³-hybridized carbons (Fsp3) is 0.364. The lowest BCUT2D eigenvalue weighted by atomic mass is 10.2. The summed E-state index contributed by atoms with van der Waals surface area (Å²) in [6.45, 7) is 3.38. The average Bonchev–Trinajstić information content (AvgIpc) is 3.46. The molecule has 0 aromatic heterocycles. The molecular weight excluding hydrogens is 388 g/mol. The minimum Gasteiger partial charge on any atom is -0.339 e. The number of nitrogens with zero attached hydrogens (tertiary/aromatic N) is 2. The van der Waals surface area contributed by atoms with Crippen molar-refractivity contribution < 1.29 is 9.59 Å². The van der Waals surface area contributed by atoms with Crippen LogP contribution in [0, 0.1) is 0 Å². The van der Waals surface area contributed by atoms with E-state index in [0.717, 1.165) is 72.8 Å². The number of hydrogen-bond acceptors (Lipinski definition) is 4. The van der Waals surface area contributed by atoms with Crippen molar-refractivity contribution in [1.29, 1.82) is 0 Å². The average molecular weight is 413 g/mol. The highest BCUT2D eigenvalue weighted by atomic mass is 33.1. The Kier molecular flexibility index (Phi) is 6.27. The summed E-state index contributed by atoms with van der Waals surface area (Å²) in [5.41, 5.74) is 1.51. The number of amides is 2. The molecule has 2 aromatic rings. The quantitative estimate of drug-likeness (QED) is 0.651. The summed E-state index contributed by atoms with van der Waals surface area (Å²) in [5, 5.41) is 0. The molecule has 2 fully saturated rings. The van der Waals surface area contributed by atoms with Crippen LogP contribution < -0.4 is 0 Å². The molecular formula is C22H24N2O2S2. The second-order valence-electron chi connectivity index (χ2n) is 7.16. The maximum absolute atomic E-state index is 12.9. The maximum Gasteiger partial charge on any atom is 0.255 e. The number of benzene rings is 2. The second kappa shape index (κ2) is 9.05. The first-order chi connectivity index (χ1) is 13.7. The molecule has 2 saturated heterocycles. The molecule has 2 heterocycles. The fourth-order valence-electron chi connectivity index (χ4n) is 3.70. The van der Waals surface area contributed by atoms with Gasteiger partial charge in [-0.2, -0.15) is 0 Å². The zero-order valence-corrected chi connectivity index (χ0v) is 17.4. The van der Waals surface area contributed by atoms with E-state index in [1.54, 1.807) is 21.6 Å². The molecule has 2 aliphatic heterocycles. The summed E-state index contributed by atoms with van der Waals surface area (Å²) < 4.78 is 0. The Morgan fingerprint density at radius 3 is 1.36 bits per heavy atom. The van der Waals surface area contributed by atoms with E-state index in [0.29, 0.717) is 0 Å². The highest BCUT2D eigenvalue weighted by molar-refractivity contribution is 8.76. The molecule has 0 saturated carbocycles. The molecule has 4 nitrogen and oxygen atoms in total. The van der Waals surface area contributed by atoms with Gasteiger partial charge in [0.05, 0.1) is 11.1 Å². The Hall–Kier alpha value is -1.92. The normalized spacial score (nSPS) is 16.6. The van der Waals surface area contributed by atoms with E-state index in [1.807, 2.05) is 58.3 Å². The van der Waals surface area contributed by atoms with Gasteiger partial charge in [0.15, 0.2) is 0 Å². The van der Waals surface area contributed by atoms with Crippen molar-refractivity contribution in [2.24, 2.45) is 0 Å². The van der Waals surface area contributed by atoms with Gasteiger partial charge < -0.3 is 9.80 Å². The van der Waals surface area contributed by atoms with Gasteiger partial charge in [0.25, 0.3) is 11.8 Å². The lowest BCUT2D eigenvalue weighted by Gasteiger charge is -2.18. The van der Waals surface area contributed by atoms with Crippen molar-refractivity contribution in [2.75, 3.05) is 26.2 Å². The molecule has 2 aromatic carbocycles. The number of carbonyl (C=O) groups is 2. The molecule has 2 amide bonds. The van der Waals surface area contributed by atoms with Crippen LogP contribution in [0.3, 0.4) is 0 Å². The third kappa shape index (κ3) is 4.23. The van der Waals surface area contributed by atoms with Crippen molar-refractivity contribution in [3.05, 3.63) is 59.7 Å². The van der Waals surface area contributed by atoms with Crippen molar-refractivity contribution in [3.8, 4) is 0 Å². The lowest BCUT2D eigenvalue weighted by Crippen LogP contribution is -2.28. The number of hydrogen-bond donors (Lipinski definition) is 0. The monoisotopic (exact) mass is 412 g/mol. The molecule has 28 heavy (non-hydrogen) atoms. The van der Waals surface area contributed by atoms with Crippen LogP contribution in [0.5, 0.6) is 0 Å². The summed E-state index contributed by atoms with van der Waals surface area (Å²) in [7, 11) is 3.12. The van der Waals surface area contributed by atoms with Crippen LogP contribution in [-0.2, 0) is 0 Å². The SMILES string of the molecule is O=C(c1ccccc1SSc1ccccc1C(=O)N1CCCC1)N1CCCC1. The number of likely N-dealkylation sites (tertiary alicyclic amines) is 2. The predicted octanol–water partition coefficient (Wildman–Crippen LogP) is 4.96. The van der Waals surface area contributed by atoms with Crippen LogP contribution in [-0.4, -0.2) is 47.8 Å². The minimum atomic E-state index is 0.114. The molecule has 6 heteroatoms. The van der Waals surface area contributed by atoms with E-state index >= 15 is 0 Å². The van der Waals surface area contributed by atoms with E-state index in [2.05, 4.69) is 0 Å². The molecule has 0 bridgehead atoms. The molecule has 4 rings (SSSR count). The Labute approximate surface area is 174 Å². The first kappa shape index (κ1) is 19.4. The number of carbonyl (C=O) groups excluding carboxylic acids is 2. The molecule has 146 valence electrons. The highest BCUT2D eigenvalue weighted by Crippen LogP contribution is 2.41. The van der Waals surface area contributed by atoms with Gasteiger partial charge in [-0.1, -0.05) is 45.9 Å². The smallest absolute Gasteiger partial charge is 0.255 e. The van der Waals surface area contributed by atoms with Gasteiger partial charge in [-0.15, -0.1) is 0 Å². The standard InChI is InChI=1S/C22H24N2O2S2/c25-21(23-13-5-6-14-23)17-9-1-3-11-19(17)27-28-20-12-4-2-10-18(20)22(26)24-15-7-8-16-24/h1-4,9-12H,5-8,13-16H2. The largest absolute Gasteiger partial charge is 0.339 e. The maximum atomic E-state index is 12.9. The fourth-order valence-corrected chi connectivity index (χ4v) is 6.05. The van der Waals surface area contributed by atoms with Crippen molar-refractivity contribution in [2.45, 2.75) is 35.5 Å². The Bertz CT molecular complexity index is 788. The van der Waals surface area contributed by atoms with E-state index in [-0.39, 0.29) is 11.8 Å². The summed E-state index contributed by atoms with van der Waals surface area (Å²) in [6.07, 6.45) is 4.34. The second-order valence-corrected chi connectivity index (χ2v) is 9.37. The van der Waals surface area contributed by atoms with Crippen molar-refractivity contribution in [1.82, 2.24) is 9.80 Å². The van der Waals surface area contributed by atoms with E-state index < -0.39 is 0 Å². The van der Waals surface area contributed by atoms with Crippen LogP contribution in [0.1, 0.15) is 46.4 Å². The molecule has 0 atom stereocenters. The first-order valence-corrected chi connectivity index (χ1v) is 12.0. The molecule has 2 aliphatic rings. The zero-order valence-electron chi connectivity index (χ0n) is 15.8. The van der Waals surface area contributed by atoms with Crippen molar-refractivity contribution >= 4 is 33.4 Å². The minimum absolute atomic E-state index is 0.114. The molecule has 0 aliphatic carbocycles. The molecule has 0 unspecified atom stereocenters. The van der Waals surface area contributed by atoms with Crippen LogP contribution in [0.25, 0.3) is 0 Å². The van der Waals surface area contributed by atoms with Crippen LogP contribution in [0.4, 0.5) is 0 Å². The van der Waals surface area contributed by atoms with Gasteiger partial charge in [-0.3, -0.25) is 9.59 Å². The summed E-state index contributed by atoms with van der Waals surface area (Å²) in [4.78, 5) is 31.5. The Morgan fingerprint density at radius 2 is 0.964 bits per heavy atom. The topological polar surface area (TPSA) is 40.6 Å². The van der Waals surface area contributed by atoms with E-state index in [1.165, 1.54) is 0 Å². The van der Waals surface area contributed by atoms with Crippen molar-refractivity contribution in [3.63, 3.8) is 0 Å². The summed E-state index contributed by atoms with van der Waals surface area (Å²) in [5.74, 6) is 0.227. The Morgan fingerprint density at radius 1 is 0.607 bits per heavy atom. The zero-order chi connectivity index (χ0) is 19.3. The van der Waals surface area contributed by atoms with Gasteiger partial charge in [0, 0.05) is 36.0 Å². The Balaban J connectivity index is 1.51. The van der Waals surface area contributed by atoms with Gasteiger partial charge >= 0.3 is 0 Å². The van der Waals surface area contributed by atoms with Gasteiger partial charge in [-0.05, 0) is 49.9 Å². The predicted molar refractivity (Wildman–Crippen MR) is 115 cm³/mol. The van der Waals surface area contributed by atoms with E-state index in [4.69, 9.17) is 0 Å². The van der Waals surface area contributed by atoms with Gasteiger partial charge in [-0.25, -0.2) is 0 Å². The van der Waals surface area contributed by atoms with Gasteiger partial charge in [0.1, 0.15) is 0 Å².